The van der Waals surface area contributed by atoms with E-state index in [1.165, 1.54) is 29.2 Å². The number of hydrogen-bond acceptors (Lipinski definition) is 3. The highest BCUT2D eigenvalue weighted by Crippen LogP contribution is 2.44. The van der Waals surface area contributed by atoms with E-state index >= 15 is 0 Å². The molecular weight excluding hydrogens is 378 g/mol. The SMILES string of the molecule is CP(C)(=O)CN1C(=O)CC(=O)N(c2ccccc2F)c2cc(Cl)ccc21. The molecule has 0 saturated carbocycles. The first-order valence-corrected chi connectivity index (χ1v) is 11.1. The number of hydrogen-bond donors (Lipinski definition) is 0. The topological polar surface area (TPSA) is 57.7 Å². The molecule has 5 nitrogen and oxygen atoms in total. The van der Waals surface area contributed by atoms with E-state index in [2.05, 4.69) is 0 Å². The van der Waals surface area contributed by atoms with Gasteiger partial charge in [-0.3, -0.25) is 14.5 Å². The quantitative estimate of drug-likeness (QED) is 0.570. The molecule has 1 heterocycles. The number of anilines is 3. The van der Waals surface area contributed by atoms with Gasteiger partial charge in [-0.2, -0.15) is 0 Å². The van der Waals surface area contributed by atoms with Crippen LogP contribution < -0.4 is 9.80 Å². The molecule has 2 aromatic rings. The summed E-state index contributed by atoms with van der Waals surface area (Å²) in [7, 11) is -2.61. The van der Waals surface area contributed by atoms with E-state index in [0.29, 0.717) is 10.7 Å². The molecule has 0 radical (unpaired) electrons. The fourth-order valence-corrected chi connectivity index (χ4v) is 4.03. The van der Waals surface area contributed by atoms with E-state index in [4.69, 9.17) is 11.6 Å². The van der Waals surface area contributed by atoms with Crippen LogP contribution in [0.15, 0.2) is 42.5 Å². The Morgan fingerprint density at radius 3 is 2.38 bits per heavy atom. The lowest BCUT2D eigenvalue weighted by molar-refractivity contribution is -0.125. The van der Waals surface area contributed by atoms with Gasteiger partial charge in [0.1, 0.15) is 19.4 Å². The summed E-state index contributed by atoms with van der Waals surface area (Å²) in [6.07, 6.45) is -0.473. The van der Waals surface area contributed by atoms with Crippen molar-refractivity contribution in [1.82, 2.24) is 0 Å². The normalized spacial score (nSPS) is 15.1. The van der Waals surface area contributed by atoms with Crippen molar-refractivity contribution < 1.29 is 18.5 Å². The highest BCUT2D eigenvalue weighted by molar-refractivity contribution is 7.62. The maximum atomic E-state index is 14.4. The third-order valence-corrected chi connectivity index (χ3v) is 5.10. The van der Waals surface area contributed by atoms with Crippen LogP contribution in [-0.2, 0) is 14.2 Å². The molecule has 8 heteroatoms. The minimum atomic E-state index is -2.61. The van der Waals surface area contributed by atoms with Crippen molar-refractivity contribution in [3.05, 3.63) is 53.3 Å². The third-order valence-electron chi connectivity index (χ3n) is 3.90. The second kappa shape index (κ2) is 6.86. The molecule has 0 unspecified atom stereocenters. The largest absolute Gasteiger partial charge is 0.322 e. The summed E-state index contributed by atoms with van der Waals surface area (Å²) in [4.78, 5) is 27.9. The van der Waals surface area contributed by atoms with E-state index in [0.717, 1.165) is 4.90 Å². The average molecular weight is 395 g/mol. The van der Waals surface area contributed by atoms with E-state index in [-0.39, 0.29) is 17.7 Å². The van der Waals surface area contributed by atoms with Crippen molar-refractivity contribution in [2.24, 2.45) is 0 Å². The zero-order valence-corrected chi connectivity index (χ0v) is 15.9. The number of halogens is 2. The Bertz CT molecular complexity index is 944. The number of nitrogens with zero attached hydrogens (tertiary/aromatic N) is 2. The zero-order chi connectivity index (χ0) is 19.1. The summed E-state index contributed by atoms with van der Waals surface area (Å²) < 4.78 is 26.7. The van der Waals surface area contributed by atoms with Crippen molar-refractivity contribution in [3.63, 3.8) is 0 Å². The van der Waals surface area contributed by atoms with Gasteiger partial charge in [-0.25, -0.2) is 4.39 Å². The molecule has 0 aliphatic carbocycles. The Morgan fingerprint density at radius 2 is 1.73 bits per heavy atom. The molecule has 2 amide bonds. The molecule has 1 aliphatic rings. The molecule has 2 aromatic carbocycles. The molecule has 0 saturated heterocycles. The van der Waals surface area contributed by atoms with E-state index in [9.17, 15) is 18.5 Å². The minimum absolute atomic E-state index is 0.0150. The number of rotatable bonds is 3. The van der Waals surface area contributed by atoms with Crippen LogP contribution >= 0.6 is 18.7 Å². The first-order chi connectivity index (χ1) is 12.2. The van der Waals surface area contributed by atoms with Gasteiger partial charge in [0, 0.05) is 5.02 Å². The molecule has 136 valence electrons. The summed E-state index contributed by atoms with van der Waals surface area (Å²) in [6.45, 7) is 3.13. The highest BCUT2D eigenvalue weighted by atomic mass is 35.5. The molecule has 0 bridgehead atoms. The first kappa shape index (κ1) is 18.6. The lowest BCUT2D eigenvalue weighted by Gasteiger charge is -2.27. The molecule has 0 spiro atoms. The maximum absolute atomic E-state index is 14.4. The van der Waals surface area contributed by atoms with Gasteiger partial charge in [-0.05, 0) is 43.7 Å². The van der Waals surface area contributed by atoms with Crippen molar-refractivity contribution >= 4 is 47.6 Å². The van der Waals surface area contributed by atoms with Crippen molar-refractivity contribution in [1.29, 1.82) is 0 Å². The Kier molecular flexibility index (Phi) is 4.91. The van der Waals surface area contributed by atoms with Gasteiger partial charge in [-0.1, -0.05) is 23.7 Å². The second-order valence-corrected chi connectivity index (χ2v) is 10.4. The van der Waals surface area contributed by atoms with Crippen molar-refractivity contribution in [2.45, 2.75) is 6.42 Å². The van der Waals surface area contributed by atoms with Crippen LogP contribution in [0.5, 0.6) is 0 Å². The second-order valence-electron chi connectivity index (χ2n) is 6.53. The van der Waals surface area contributed by atoms with E-state index in [1.54, 1.807) is 31.5 Å². The summed E-state index contributed by atoms with van der Waals surface area (Å²) in [5.41, 5.74) is 0.691. The molecule has 0 N–H and O–H groups in total. The van der Waals surface area contributed by atoms with E-state index in [1.807, 2.05) is 0 Å². The standard InChI is InChI=1S/C18H17ClFN2O3P/c1-26(2,25)11-21-15-8-7-12(19)9-16(15)22(18(24)10-17(21)23)14-6-4-3-5-13(14)20/h3-9H,10-11H2,1-2H3. The van der Waals surface area contributed by atoms with Crippen LogP contribution in [-0.4, -0.2) is 31.4 Å². The molecule has 0 atom stereocenters. The third kappa shape index (κ3) is 3.67. The van der Waals surface area contributed by atoms with Crippen LogP contribution in [0, 0.1) is 5.82 Å². The number of carbonyl (C=O) groups is 2. The van der Waals surface area contributed by atoms with Gasteiger partial charge in [0.05, 0.1) is 23.3 Å². The predicted molar refractivity (Wildman–Crippen MR) is 101 cm³/mol. The van der Waals surface area contributed by atoms with Crippen LogP contribution in [0.4, 0.5) is 21.5 Å². The van der Waals surface area contributed by atoms with Gasteiger partial charge < -0.3 is 9.46 Å². The van der Waals surface area contributed by atoms with Gasteiger partial charge >= 0.3 is 0 Å². The highest BCUT2D eigenvalue weighted by Gasteiger charge is 2.35. The Hall–Kier alpha value is -2.17. The van der Waals surface area contributed by atoms with Crippen LogP contribution in [0.3, 0.4) is 0 Å². The summed E-state index contributed by atoms with van der Waals surface area (Å²) in [5.74, 6) is -1.65. The van der Waals surface area contributed by atoms with Gasteiger partial charge in [0.25, 0.3) is 0 Å². The molecule has 1 aliphatic heterocycles. The lowest BCUT2D eigenvalue weighted by atomic mass is 10.2. The monoisotopic (exact) mass is 394 g/mol. The maximum Gasteiger partial charge on any atom is 0.241 e. The number of para-hydroxylation sites is 1. The Morgan fingerprint density at radius 1 is 1.04 bits per heavy atom. The van der Waals surface area contributed by atoms with Gasteiger partial charge in [0.15, 0.2) is 0 Å². The number of fused-ring (bicyclic) bond motifs is 1. The Balaban J connectivity index is 2.24. The molecule has 3 rings (SSSR count). The van der Waals surface area contributed by atoms with Crippen LogP contribution in [0.25, 0.3) is 0 Å². The van der Waals surface area contributed by atoms with Gasteiger partial charge in [0.2, 0.25) is 11.8 Å². The zero-order valence-electron chi connectivity index (χ0n) is 14.3. The Labute approximate surface area is 155 Å². The fourth-order valence-electron chi connectivity index (χ4n) is 2.87. The smallest absolute Gasteiger partial charge is 0.241 e. The van der Waals surface area contributed by atoms with Crippen LogP contribution in [0.2, 0.25) is 5.02 Å². The van der Waals surface area contributed by atoms with Crippen molar-refractivity contribution in [3.8, 4) is 0 Å². The minimum Gasteiger partial charge on any atom is -0.322 e. The predicted octanol–water partition coefficient (Wildman–Crippen LogP) is 4.46. The van der Waals surface area contributed by atoms with Crippen LogP contribution in [0.1, 0.15) is 6.42 Å². The lowest BCUT2D eigenvalue weighted by Crippen LogP contribution is -2.32. The summed E-state index contributed by atoms with van der Waals surface area (Å²) in [6, 6.07) is 10.5. The molecular formula is C18H17ClFN2O3P. The number of carbonyl (C=O) groups excluding carboxylic acids is 2. The average Bonchev–Trinajstić information content (AvgIpc) is 2.62. The molecule has 26 heavy (non-hydrogen) atoms. The fraction of sp³-hybridized carbons (Fsp3) is 0.222. The number of amides is 2. The van der Waals surface area contributed by atoms with E-state index < -0.39 is 31.2 Å². The first-order valence-electron chi connectivity index (χ1n) is 7.89. The van der Waals surface area contributed by atoms with Gasteiger partial charge in [-0.15, -0.1) is 0 Å². The van der Waals surface area contributed by atoms with Crippen molar-refractivity contribution in [2.75, 3.05) is 29.4 Å². The summed E-state index contributed by atoms with van der Waals surface area (Å²) >= 11 is 6.10. The number of benzene rings is 2. The molecule has 0 fully saturated rings. The summed E-state index contributed by atoms with van der Waals surface area (Å²) in [5, 5.41) is 0.336. The molecule has 0 aromatic heterocycles.